The van der Waals surface area contributed by atoms with Gasteiger partial charge in [-0.15, -0.1) is 16.4 Å². The quantitative estimate of drug-likeness (QED) is 0.188. The molecule has 0 bridgehead atoms. The summed E-state index contributed by atoms with van der Waals surface area (Å²) in [5.74, 6) is 0. The molecule has 0 radical (unpaired) electrons. The van der Waals surface area contributed by atoms with Crippen molar-refractivity contribution in [1.82, 2.24) is 0 Å². The number of furan rings is 1. The van der Waals surface area contributed by atoms with Crippen molar-refractivity contribution in [3.05, 3.63) is 152 Å². The van der Waals surface area contributed by atoms with Crippen LogP contribution in [0, 0.1) is 0 Å². The van der Waals surface area contributed by atoms with E-state index in [-0.39, 0.29) is 0 Å². The van der Waals surface area contributed by atoms with E-state index in [9.17, 15) is 0 Å². The van der Waals surface area contributed by atoms with Crippen molar-refractivity contribution in [3.63, 3.8) is 0 Å². The third kappa shape index (κ3) is 4.79. The molecule has 10 rings (SSSR count). The molecule has 10 aromatic rings. The van der Waals surface area contributed by atoms with E-state index in [1.807, 2.05) is 0 Å². The predicted octanol–water partition coefficient (Wildman–Crippen LogP) is 5.01. The highest BCUT2D eigenvalue weighted by molar-refractivity contribution is 6.68. The van der Waals surface area contributed by atoms with Gasteiger partial charge in [0, 0.05) is 16.3 Å². The Labute approximate surface area is 320 Å². The number of benzene rings is 9. The molecule has 0 aliphatic rings. The number of para-hydroxylation sites is 1. The van der Waals surface area contributed by atoms with E-state index >= 15 is 0 Å². The van der Waals surface area contributed by atoms with Crippen LogP contribution in [-0.2, 0) is 0 Å². The second kappa shape index (κ2) is 12.5. The molecule has 248 valence electrons. The van der Waals surface area contributed by atoms with Gasteiger partial charge in [-0.25, -0.2) is 0 Å². The molecule has 0 aliphatic heterocycles. The second-order valence-electron chi connectivity index (χ2n) is 14.9. The molecule has 0 fully saturated rings. The maximum absolute atomic E-state index is 6.96. The van der Waals surface area contributed by atoms with Crippen LogP contribution in [0.15, 0.2) is 156 Å². The standard InChI is InChI=1S/C48H35B5O/c49-43-42(44(50)46(52)47(53)45(43)51)36-21-9-20-35-41-34(19-10-22-38(41)54-48(35)36)40-32-17-7-6-16-31(32)39(27-12-2-1-3-13-27)37-25-28(23-24-33(37)40)30-18-8-14-26-11-4-5-15-29(26)30/h1-25H,49-53H2. The first-order valence-corrected chi connectivity index (χ1v) is 18.9. The highest BCUT2D eigenvalue weighted by Crippen LogP contribution is 2.48. The Morgan fingerprint density at radius 3 is 1.67 bits per heavy atom. The highest BCUT2D eigenvalue weighted by Gasteiger charge is 2.23. The molecule has 54 heavy (non-hydrogen) atoms. The average molecular weight is 682 g/mol. The summed E-state index contributed by atoms with van der Waals surface area (Å²) < 4.78 is 6.96. The van der Waals surface area contributed by atoms with Gasteiger partial charge in [-0.05, 0) is 83.4 Å². The van der Waals surface area contributed by atoms with Crippen LogP contribution < -0.4 is 27.3 Å². The van der Waals surface area contributed by atoms with Gasteiger partial charge in [0.25, 0.3) is 0 Å². The van der Waals surface area contributed by atoms with Gasteiger partial charge in [-0.3, -0.25) is 0 Å². The summed E-state index contributed by atoms with van der Waals surface area (Å²) >= 11 is 0. The normalized spacial score (nSPS) is 11.7. The van der Waals surface area contributed by atoms with Crippen molar-refractivity contribution in [2.75, 3.05) is 0 Å². The summed E-state index contributed by atoms with van der Waals surface area (Å²) in [6.45, 7) is 0. The van der Waals surface area contributed by atoms with Crippen LogP contribution in [-0.4, -0.2) is 39.2 Å². The summed E-state index contributed by atoms with van der Waals surface area (Å²) in [5, 5.41) is 9.74. The largest absolute Gasteiger partial charge is 0.455 e. The molecule has 1 heterocycles. The van der Waals surface area contributed by atoms with Crippen molar-refractivity contribution in [2.24, 2.45) is 0 Å². The molecule has 6 heteroatoms. The third-order valence-electron chi connectivity index (χ3n) is 12.2. The fraction of sp³-hybridized carbons (Fsp3) is 0. The van der Waals surface area contributed by atoms with Gasteiger partial charge in [-0.1, -0.05) is 150 Å². The van der Waals surface area contributed by atoms with E-state index in [4.69, 9.17) is 4.42 Å². The molecule has 1 aromatic heterocycles. The van der Waals surface area contributed by atoms with E-state index in [1.54, 1.807) is 0 Å². The second-order valence-corrected chi connectivity index (χ2v) is 14.9. The number of rotatable bonds is 4. The molecule has 0 atom stereocenters. The molecule has 0 amide bonds. The molecule has 9 aromatic carbocycles. The maximum atomic E-state index is 6.96. The van der Waals surface area contributed by atoms with E-state index in [1.165, 1.54) is 98.6 Å². The Bertz CT molecular complexity index is 3130. The summed E-state index contributed by atoms with van der Waals surface area (Å²) in [4.78, 5) is 0. The van der Waals surface area contributed by atoms with E-state index in [0.29, 0.717) is 0 Å². The van der Waals surface area contributed by atoms with E-state index in [2.05, 4.69) is 191 Å². The van der Waals surface area contributed by atoms with Gasteiger partial charge in [0.2, 0.25) is 0 Å². The molecule has 0 saturated carbocycles. The number of hydrogen-bond acceptors (Lipinski definition) is 1. The minimum Gasteiger partial charge on any atom is -0.455 e. The van der Waals surface area contributed by atoms with E-state index in [0.717, 1.165) is 27.5 Å². The molecule has 0 N–H and O–H groups in total. The lowest BCUT2D eigenvalue weighted by Crippen LogP contribution is -2.55. The predicted molar refractivity (Wildman–Crippen MR) is 249 cm³/mol. The minimum absolute atomic E-state index is 0.905. The van der Waals surface area contributed by atoms with Crippen LogP contribution >= 0.6 is 0 Å². The summed E-state index contributed by atoms with van der Waals surface area (Å²) in [5.41, 5.74) is 18.3. The third-order valence-corrected chi connectivity index (χ3v) is 12.2. The van der Waals surface area contributed by atoms with Crippen LogP contribution in [0.5, 0.6) is 0 Å². The van der Waals surface area contributed by atoms with Crippen molar-refractivity contribution >= 4 is 121 Å². The lowest BCUT2D eigenvalue weighted by atomic mass is 9.59. The summed E-state index contributed by atoms with van der Waals surface area (Å²) in [6.07, 6.45) is 0. The van der Waals surface area contributed by atoms with Gasteiger partial charge in [0.15, 0.2) is 0 Å². The molecule has 0 saturated heterocycles. The maximum Gasteiger partial charge on any atom is 0.143 e. The fourth-order valence-corrected chi connectivity index (χ4v) is 9.19. The molecule has 0 unspecified atom stereocenters. The van der Waals surface area contributed by atoms with Crippen LogP contribution in [0.25, 0.3) is 98.8 Å². The van der Waals surface area contributed by atoms with Crippen LogP contribution in [0.2, 0.25) is 0 Å². The molecular weight excluding hydrogens is 647 g/mol. The smallest absolute Gasteiger partial charge is 0.143 e. The zero-order chi connectivity index (χ0) is 36.7. The Morgan fingerprint density at radius 1 is 0.333 bits per heavy atom. The van der Waals surface area contributed by atoms with Crippen molar-refractivity contribution in [2.45, 2.75) is 0 Å². The van der Waals surface area contributed by atoms with E-state index < -0.39 is 0 Å². The van der Waals surface area contributed by atoms with Crippen LogP contribution in [0.3, 0.4) is 0 Å². The topological polar surface area (TPSA) is 13.1 Å². The SMILES string of the molecule is Bc1c(B)c(B)c(-c2cccc3c2oc2cccc(-c4c5ccccc5c(-c5ccccc5)c5cc(-c6cccc7ccccc67)ccc45)c23)c(B)c1B. The van der Waals surface area contributed by atoms with Crippen LogP contribution in [0.1, 0.15) is 0 Å². The Hall–Kier alpha value is -6.12. The van der Waals surface area contributed by atoms with Gasteiger partial charge in [-0.2, -0.15) is 0 Å². The average Bonchev–Trinajstić information content (AvgIpc) is 3.61. The first-order chi connectivity index (χ1) is 26.4. The first-order valence-electron chi connectivity index (χ1n) is 18.9. The fourth-order valence-electron chi connectivity index (χ4n) is 9.19. The minimum atomic E-state index is 0.905. The Kier molecular flexibility index (Phi) is 7.53. The zero-order valence-electron chi connectivity index (χ0n) is 31.3. The van der Waals surface area contributed by atoms with Gasteiger partial charge < -0.3 is 4.42 Å². The first kappa shape index (κ1) is 32.5. The Morgan fingerprint density at radius 2 is 0.889 bits per heavy atom. The molecule has 0 spiro atoms. The van der Waals surface area contributed by atoms with Gasteiger partial charge in [0.05, 0.1) is 0 Å². The lowest BCUT2D eigenvalue weighted by Gasteiger charge is -2.20. The molecule has 1 nitrogen and oxygen atoms in total. The lowest BCUT2D eigenvalue weighted by molar-refractivity contribution is 0.670. The molecule has 0 aliphatic carbocycles. The number of fused-ring (bicyclic) bond motifs is 6. The summed E-state index contributed by atoms with van der Waals surface area (Å²) in [7, 11) is 11.3. The van der Waals surface area contributed by atoms with Crippen molar-refractivity contribution < 1.29 is 4.42 Å². The zero-order valence-corrected chi connectivity index (χ0v) is 31.3. The molecular formula is C48H35B5O. The summed E-state index contributed by atoms with van der Waals surface area (Å²) in [6, 6.07) is 55.5. The van der Waals surface area contributed by atoms with Gasteiger partial charge >= 0.3 is 0 Å². The van der Waals surface area contributed by atoms with Crippen molar-refractivity contribution in [3.8, 4) is 44.5 Å². The number of hydrogen-bond donors (Lipinski definition) is 0. The van der Waals surface area contributed by atoms with Crippen molar-refractivity contribution in [1.29, 1.82) is 0 Å². The van der Waals surface area contributed by atoms with Crippen LogP contribution in [0.4, 0.5) is 0 Å². The van der Waals surface area contributed by atoms with Gasteiger partial charge in [0.1, 0.15) is 50.4 Å². The monoisotopic (exact) mass is 682 g/mol. The Balaban J connectivity index is 1.32. The highest BCUT2D eigenvalue weighted by atomic mass is 16.3.